The number of nitrogens with zero attached hydrogens (tertiary/aromatic N) is 3. The maximum atomic E-state index is 13.1. The molecule has 10 heteroatoms. The highest BCUT2D eigenvalue weighted by atomic mass is 35.5. The molecule has 6 nitrogen and oxygen atoms in total. The lowest BCUT2D eigenvalue weighted by Gasteiger charge is -2.06. The molecule has 1 amide bonds. The fourth-order valence-corrected chi connectivity index (χ4v) is 3.13. The summed E-state index contributed by atoms with van der Waals surface area (Å²) in [5.74, 6) is 5.60. The largest absolute Gasteiger partial charge is 0.335 e. The lowest BCUT2D eigenvalue weighted by atomic mass is 10.2. The summed E-state index contributed by atoms with van der Waals surface area (Å²) in [4.78, 5) is 12.0. The van der Waals surface area contributed by atoms with E-state index in [1.807, 2.05) is 0 Å². The molecule has 0 aliphatic heterocycles. The van der Waals surface area contributed by atoms with Gasteiger partial charge < -0.3 is 11.2 Å². The second kappa shape index (κ2) is 7.94. The quantitative estimate of drug-likeness (QED) is 0.491. The molecule has 0 saturated heterocycles. The van der Waals surface area contributed by atoms with Crippen LogP contribution in [0, 0.1) is 5.82 Å². The van der Waals surface area contributed by atoms with Gasteiger partial charge in [-0.1, -0.05) is 47.1 Å². The number of halogens is 3. The van der Waals surface area contributed by atoms with E-state index in [1.165, 1.54) is 22.9 Å². The number of rotatable bonds is 5. The van der Waals surface area contributed by atoms with Gasteiger partial charge in [-0.05, 0) is 30.3 Å². The smallest absolute Gasteiger partial charge is 0.234 e. The standard InChI is InChI=1S/C16H12Cl2FN5OS/c17-10-3-1-2-9(6-10)15-22-23-16(24(15)20)26-8-14(25)21-11-4-5-13(19)12(18)7-11/h1-7H,8,20H2,(H,21,25). The molecule has 3 aromatic rings. The Morgan fingerprint density at radius 2 is 2.04 bits per heavy atom. The zero-order valence-corrected chi connectivity index (χ0v) is 15.4. The number of nitrogens with one attached hydrogen (secondary N) is 1. The van der Waals surface area contributed by atoms with Crippen molar-refractivity contribution < 1.29 is 9.18 Å². The first kappa shape index (κ1) is 18.5. The molecular weight excluding hydrogens is 400 g/mol. The Kier molecular flexibility index (Phi) is 5.65. The molecule has 2 aromatic carbocycles. The van der Waals surface area contributed by atoms with Crippen LogP contribution in [0.4, 0.5) is 10.1 Å². The number of nitrogens with two attached hydrogens (primary N) is 1. The number of thioether (sulfide) groups is 1. The number of anilines is 1. The van der Waals surface area contributed by atoms with Crippen molar-refractivity contribution in [3.63, 3.8) is 0 Å². The summed E-state index contributed by atoms with van der Waals surface area (Å²) in [6.45, 7) is 0. The monoisotopic (exact) mass is 411 g/mol. The van der Waals surface area contributed by atoms with Gasteiger partial charge in [-0.15, -0.1) is 10.2 Å². The van der Waals surface area contributed by atoms with Gasteiger partial charge in [0.2, 0.25) is 11.1 Å². The Morgan fingerprint density at radius 3 is 2.77 bits per heavy atom. The first-order valence-corrected chi connectivity index (χ1v) is 9.02. The summed E-state index contributed by atoms with van der Waals surface area (Å²) in [5.41, 5.74) is 1.11. The number of aromatic nitrogens is 3. The molecule has 26 heavy (non-hydrogen) atoms. The van der Waals surface area contributed by atoms with Gasteiger partial charge in [0, 0.05) is 16.3 Å². The van der Waals surface area contributed by atoms with Crippen LogP contribution in [0.2, 0.25) is 10.0 Å². The minimum atomic E-state index is -0.552. The van der Waals surface area contributed by atoms with E-state index in [2.05, 4.69) is 15.5 Å². The van der Waals surface area contributed by atoms with Crippen LogP contribution in [0.1, 0.15) is 0 Å². The molecule has 3 rings (SSSR count). The van der Waals surface area contributed by atoms with Crippen molar-refractivity contribution in [1.29, 1.82) is 0 Å². The molecule has 0 spiro atoms. The van der Waals surface area contributed by atoms with Crippen molar-refractivity contribution in [2.75, 3.05) is 16.9 Å². The number of amides is 1. The van der Waals surface area contributed by atoms with Gasteiger partial charge in [0.25, 0.3) is 0 Å². The van der Waals surface area contributed by atoms with Crippen molar-refractivity contribution in [2.24, 2.45) is 0 Å². The number of nitrogen functional groups attached to an aromatic ring is 1. The highest BCUT2D eigenvalue weighted by Crippen LogP contribution is 2.24. The third-order valence-electron chi connectivity index (χ3n) is 3.28. The van der Waals surface area contributed by atoms with Gasteiger partial charge in [-0.2, -0.15) is 0 Å². The molecule has 1 aromatic heterocycles. The molecule has 1 heterocycles. The highest BCUT2D eigenvalue weighted by Gasteiger charge is 2.14. The lowest BCUT2D eigenvalue weighted by Crippen LogP contribution is -2.16. The Hall–Kier alpha value is -2.29. The molecule has 0 aliphatic rings. The lowest BCUT2D eigenvalue weighted by molar-refractivity contribution is -0.113. The summed E-state index contributed by atoms with van der Waals surface area (Å²) in [6, 6.07) is 11.0. The third kappa shape index (κ3) is 4.27. The Bertz CT molecular complexity index is 966. The zero-order chi connectivity index (χ0) is 18.7. The van der Waals surface area contributed by atoms with Crippen LogP contribution in [0.3, 0.4) is 0 Å². The van der Waals surface area contributed by atoms with Crippen molar-refractivity contribution in [3.05, 3.63) is 58.3 Å². The van der Waals surface area contributed by atoms with Crippen LogP contribution < -0.4 is 11.2 Å². The predicted octanol–water partition coefficient (Wildman–Crippen LogP) is 3.84. The number of carbonyl (C=O) groups is 1. The Morgan fingerprint density at radius 1 is 1.23 bits per heavy atom. The molecule has 0 bridgehead atoms. The fraction of sp³-hybridized carbons (Fsp3) is 0.0625. The minimum Gasteiger partial charge on any atom is -0.335 e. The number of hydrogen-bond acceptors (Lipinski definition) is 5. The first-order valence-electron chi connectivity index (χ1n) is 7.28. The van der Waals surface area contributed by atoms with Crippen LogP contribution in [0.5, 0.6) is 0 Å². The summed E-state index contributed by atoms with van der Waals surface area (Å²) in [7, 11) is 0. The van der Waals surface area contributed by atoms with Crippen molar-refractivity contribution >= 4 is 46.6 Å². The molecule has 134 valence electrons. The van der Waals surface area contributed by atoms with Crippen LogP contribution in [0.15, 0.2) is 47.6 Å². The van der Waals surface area contributed by atoms with Crippen molar-refractivity contribution in [2.45, 2.75) is 5.16 Å². The summed E-state index contributed by atoms with van der Waals surface area (Å²) in [5, 5.41) is 11.5. The second-order valence-corrected chi connectivity index (χ2v) is 6.94. The molecular formula is C16H12Cl2FN5OS. The van der Waals surface area contributed by atoms with E-state index in [0.29, 0.717) is 27.3 Å². The van der Waals surface area contributed by atoms with Gasteiger partial charge in [-0.3, -0.25) is 4.79 Å². The van der Waals surface area contributed by atoms with E-state index in [4.69, 9.17) is 29.0 Å². The van der Waals surface area contributed by atoms with E-state index in [9.17, 15) is 9.18 Å². The van der Waals surface area contributed by atoms with E-state index in [0.717, 1.165) is 11.8 Å². The van der Waals surface area contributed by atoms with Crippen LogP contribution >= 0.6 is 35.0 Å². The average molecular weight is 412 g/mol. The molecule has 3 N–H and O–H groups in total. The maximum Gasteiger partial charge on any atom is 0.234 e. The summed E-state index contributed by atoms with van der Waals surface area (Å²) >= 11 is 12.8. The van der Waals surface area contributed by atoms with E-state index in [-0.39, 0.29) is 16.7 Å². The summed E-state index contributed by atoms with van der Waals surface area (Å²) < 4.78 is 14.4. The van der Waals surface area contributed by atoms with E-state index < -0.39 is 5.82 Å². The molecule has 0 saturated carbocycles. The SMILES string of the molecule is Nn1c(SCC(=O)Nc2ccc(F)c(Cl)c2)nnc1-c1cccc(Cl)c1. The molecule has 0 radical (unpaired) electrons. The third-order valence-corrected chi connectivity index (χ3v) is 4.75. The topological polar surface area (TPSA) is 85.8 Å². The molecule has 0 atom stereocenters. The normalized spacial score (nSPS) is 10.7. The van der Waals surface area contributed by atoms with Gasteiger partial charge in [0.05, 0.1) is 10.8 Å². The molecule has 0 unspecified atom stereocenters. The average Bonchev–Trinajstić information content (AvgIpc) is 2.97. The maximum absolute atomic E-state index is 13.1. The Balaban J connectivity index is 1.64. The van der Waals surface area contributed by atoms with E-state index in [1.54, 1.807) is 24.3 Å². The summed E-state index contributed by atoms with van der Waals surface area (Å²) in [6.07, 6.45) is 0. The number of benzene rings is 2. The van der Waals surface area contributed by atoms with Crippen molar-refractivity contribution in [3.8, 4) is 11.4 Å². The Labute approximate surface area is 162 Å². The predicted molar refractivity (Wildman–Crippen MR) is 101 cm³/mol. The fourth-order valence-electron chi connectivity index (χ4n) is 2.10. The van der Waals surface area contributed by atoms with Gasteiger partial charge in [0.1, 0.15) is 5.82 Å². The van der Waals surface area contributed by atoms with Gasteiger partial charge in [-0.25, -0.2) is 9.07 Å². The van der Waals surface area contributed by atoms with Crippen LogP contribution in [0.25, 0.3) is 11.4 Å². The van der Waals surface area contributed by atoms with Gasteiger partial charge >= 0.3 is 0 Å². The zero-order valence-electron chi connectivity index (χ0n) is 13.1. The van der Waals surface area contributed by atoms with Gasteiger partial charge in [0.15, 0.2) is 5.82 Å². The number of hydrogen-bond donors (Lipinski definition) is 2. The van der Waals surface area contributed by atoms with Crippen LogP contribution in [-0.4, -0.2) is 26.5 Å². The minimum absolute atomic E-state index is 0.0415. The first-order chi connectivity index (χ1) is 12.4. The number of carbonyl (C=O) groups excluding carboxylic acids is 1. The van der Waals surface area contributed by atoms with E-state index >= 15 is 0 Å². The highest BCUT2D eigenvalue weighted by molar-refractivity contribution is 7.99. The molecule has 0 fully saturated rings. The van der Waals surface area contributed by atoms with Crippen LogP contribution in [-0.2, 0) is 4.79 Å². The van der Waals surface area contributed by atoms with Crippen molar-refractivity contribution in [1.82, 2.24) is 14.9 Å². The second-order valence-electron chi connectivity index (χ2n) is 5.15. The molecule has 0 aliphatic carbocycles.